The van der Waals surface area contributed by atoms with Gasteiger partial charge < -0.3 is 24.5 Å². The monoisotopic (exact) mass is 520 g/mol. The van der Waals surface area contributed by atoms with Gasteiger partial charge in [0.05, 0.1) is 19.5 Å². The van der Waals surface area contributed by atoms with Gasteiger partial charge in [-0.1, -0.05) is 18.2 Å². The van der Waals surface area contributed by atoms with Gasteiger partial charge in [-0.3, -0.25) is 13.9 Å². The van der Waals surface area contributed by atoms with Crippen LogP contribution in [0.2, 0.25) is 0 Å². The normalized spacial score (nSPS) is 20.0. The zero-order valence-electron chi connectivity index (χ0n) is 19.6. The van der Waals surface area contributed by atoms with Crippen LogP contribution >= 0.6 is 7.52 Å². The molecule has 2 aromatic heterocycles. The van der Waals surface area contributed by atoms with E-state index < -0.39 is 44.0 Å². The van der Waals surface area contributed by atoms with Crippen LogP contribution < -0.4 is 15.3 Å². The topological polar surface area (TPSA) is 153 Å². The number of rotatable bonds is 11. The van der Waals surface area contributed by atoms with Crippen molar-refractivity contribution in [2.45, 2.75) is 32.2 Å². The fraction of sp³-hybridized carbons (Fsp3) is 0.364. The van der Waals surface area contributed by atoms with Gasteiger partial charge in [0.1, 0.15) is 41.9 Å². The van der Waals surface area contributed by atoms with Crippen molar-refractivity contribution in [3.05, 3.63) is 54.9 Å². The molecule has 0 fully saturated rings. The van der Waals surface area contributed by atoms with Crippen LogP contribution in [0.4, 0.5) is 10.2 Å². The molecule has 4 rings (SSSR count). The molecule has 3 heterocycles. The number of nitrogens with one attached hydrogen (secondary N) is 1. The third-order valence-electron chi connectivity index (χ3n) is 5.09. The SMILES string of the molecule is CCOC(=O)[C@H](C)N[P@](=O)(COC[C@@H]1C=C(F)[C@H](n2cnc3c(N)ncnc32)O1)Oc1ccccc1. The fourth-order valence-electron chi connectivity index (χ4n) is 3.50. The molecular weight excluding hydrogens is 494 g/mol. The largest absolute Gasteiger partial charge is 0.465 e. The smallest absolute Gasteiger partial charge is 0.342 e. The summed E-state index contributed by atoms with van der Waals surface area (Å²) in [6.45, 7) is 3.22. The zero-order valence-corrected chi connectivity index (χ0v) is 20.5. The predicted octanol–water partition coefficient (Wildman–Crippen LogP) is 2.95. The van der Waals surface area contributed by atoms with Gasteiger partial charge in [-0.2, -0.15) is 0 Å². The lowest BCUT2D eigenvalue weighted by molar-refractivity contribution is -0.144. The number of anilines is 1. The number of benzene rings is 1. The molecule has 3 aromatic rings. The maximum Gasteiger partial charge on any atom is 0.342 e. The van der Waals surface area contributed by atoms with Crippen molar-refractivity contribution in [3.8, 4) is 5.75 Å². The Morgan fingerprint density at radius 2 is 2.08 bits per heavy atom. The van der Waals surface area contributed by atoms with E-state index in [1.807, 2.05) is 0 Å². The van der Waals surface area contributed by atoms with Crippen LogP contribution in [0.15, 0.2) is 54.9 Å². The summed E-state index contributed by atoms with van der Waals surface area (Å²) in [4.78, 5) is 24.1. The van der Waals surface area contributed by atoms with E-state index in [0.29, 0.717) is 16.9 Å². The summed E-state index contributed by atoms with van der Waals surface area (Å²) in [6, 6.07) is 7.54. The second kappa shape index (κ2) is 11.1. The van der Waals surface area contributed by atoms with Gasteiger partial charge in [0, 0.05) is 0 Å². The third-order valence-corrected chi connectivity index (χ3v) is 6.90. The highest BCUT2D eigenvalue weighted by atomic mass is 31.2. The predicted molar refractivity (Wildman–Crippen MR) is 128 cm³/mol. The molecule has 0 saturated carbocycles. The summed E-state index contributed by atoms with van der Waals surface area (Å²) < 4.78 is 51.7. The molecule has 36 heavy (non-hydrogen) atoms. The molecule has 0 unspecified atom stereocenters. The minimum Gasteiger partial charge on any atom is -0.465 e. The van der Waals surface area contributed by atoms with E-state index in [9.17, 15) is 13.8 Å². The summed E-state index contributed by atoms with van der Waals surface area (Å²) in [6.07, 6.45) is 1.54. The Hall–Kier alpha value is -3.38. The van der Waals surface area contributed by atoms with E-state index in [1.165, 1.54) is 30.2 Å². The summed E-state index contributed by atoms with van der Waals surface area (Å²) in [5, 5.41) is 2.68. The number of aromatic nitrogens is 4. The number of hydrogen-bond donors (Lipinski definition) is 2. The lowest BCUT2D eigenvalue weighted by Gasteiger charge is -2.24. The number of hydrogen-bond acceptors (Lipinski definition) is 10. The van der Waals surface area contributed by atoms with Crippen molar-refractivity contribution in [2.24, 2.45) is 0 Å². The van der Waals surface area contributed by atoms with Crippen LogP contribution in [0.25, 0.3) is 11.2 Å². The van der Waals surface area contributed by atoms with Crippen molar-refractivity contribution in [1.82, 2.24) is 24.6 Å². The lowest BCUT2D eigenvalue weighted by atomic mass is 10.3. The number of para-hydroxylation sites is 1. The Labute approximate surface area is 206 Å². The van der Waals surface area contributed by atoms with Crippen LogP contribution in [0, 0.1) is 0 Å². The van der Waals surface area contributed by atoms with Crippen molar-refractivity contribution in [2.75, 3.05) is 25.3 Å². The summed E-state index contributed by atoms with van der Waals surface area (Å²) in [7, 11) is -3.74. The van der Waals surface area contributed by atoms with Crippen molar-refractivity contribution in [3.63, 3.8) is 0 Å². The van der Waals surface area contributed by atoms with Crippen LogP contribution in [0.5, 0.6) is 5.75 Å². The van der Waals surface area contributed by atoms with Crippen molar-refractivity contribution in [1.29, 1.82) is 0 Å². The number of nitrogen functional groups attached to an aromatic ring is 1. The molecule has 1 aromatic carbocycles. The molecule has 0 aliphatic carbocycles. The molecular formula is C22H26FN6O6P. The lowest BCUT2D eigenvalue weighted by Crippen LogP contribution is -2.35. The number of nitrogens with zero attached hydrogens (tertiary/aromatic N) is 4. The third kappa shape index (κ3) is 5.88. The molecule has 4 atom stereocenters. The number of imidazole rings is 1. The Morgan fingerprint density at radius 3 is 2.83 bits per heavy atom. The average molecular weight is 520 g/mol. The van der Waals surface area contributed by atoms with Gasteiger partial charge >= 0.3 is 13.5 Å². The summed E-state index contributed by atoms with van der Waals surface area (Å²) >= 11 is 0. The molecule has 0 saturated heterocycles. The maximum atomic E-state index is 14.7. The van der Waals surface area contributed by atoms with E-state index in [-0.39, 0.29) is 19.0 Å². The average Bonchev–Trinajstić information content (AvgIpc) is 3.43. The zero-order chi connectivity index (χ0) is 25.7. The number of carbonyl (C=O) groups is 1. The first-order chi connectivity index (χ1) is 17.3. The molecule has 1 aliphatic heterocycles. The minimum atomic E-state index is -3.74. The minimum absolute atomic E-state index is 0.134. The second-order valence-electron chi connectivity index (χ2n) is 7.84. The van der Waals surface area contributed by atoms with E-state index in [2.05, 4.69) is 20.0 Å². The molecule has 192 valence electrons. The van der Waals surface area contributed by atoms with Crippen molar-refractivity contribution >= 4 is 30.5 Å². The van der Waals surface area contributed by atoms with E-state index in [0.717, 1.165) is 0 Å². The quantitative estimate of drug-likeness (QED) is 0.283. The number of fused-ring (bicyclic) bond motifs is 1. The first-order valence-electron chi connectivity index (χ1n) is 11.1. The number of ether oxygens (including phenoxy) is 3. The molecule has 14 heteroatoms. The Bertz CT molecular complexity index is 1290. The molecule has 12 nitrogen and oxygen atoms in total. The number of nitrogens with two attached hydrogens (primary N) is 1. The van der Waals surface area contributed by atoms with Gasteiger partial charge in [-0.15, -0.1) is 0 Å². The van der Waals surface area contributed by atoms with Gasteiger partial charge in [0.15, 0.2) is 17.7 Å². The Balaban J connectivity index is 1.40. The van der Waals surface area contributed by atoms with E-state index in [4.69, 9.17) is 24.5 Å². The number of esters is 1. The van der Waals surface area contributed by atoms with Crippen LogP contribution in [-0.4, -0.2) is 57.2 Å². The molecule has 3 N–H and O–H groups in total. The Kier molecular flexibility index (Phi) is 7.94. The van der Waals surface area contributed by atoms with Crippen LogP contribution in [0.1, 0.15) is 20.1 Å². The number of carbonyl (C=O) groups excluding carboxylic acids is 1. The van der Waals surface area contributed by atoms with Gasteiger partial charge in [-0.25, -0.2) is 24.4 Å². The first-order valence-corrected chi connectivity index (χ1v) is 12.9. The van der Waals surface area contributed by atoms with Crippen LogP contribution in [0.3, 0.4) is 0 Å². The second-order valence-corrected chi connectivity index (χ2v) is 9.89. The highest BCUT2D eigenvalue weighted by molar-refractivity contribution is 7.57. The molecule has 1 aliphatic rings. The van der Waals surface area contributed by atoms with Gasteiger partial charge in [-0.05, 0) is 32.1 Å². The summed E-state index contributed by atoms with van der Waals surface area (Å²) in [5.74, 6) is -0.666. The molecule has 0 bridgehead atoms. The highest BCUT2D eigenvalue weighted by Gasteiger charge is 2.34. The van der Waals surface area contributed by atoms with Crippen LogP contribution in [-0.2, 0) is 23.6 Å². The van der Waals surface area contributed by atoms with Crippen molar-refractivity contribution < 1.29 is 32.5 Å². The Morgan fingerprint density at radius 1 is 1.31 bits per heavy atom. The number of halogens is 1. The standard InChI is InChI=1S/C22H26FN6O6P/c1-3-33-22(30)14(2)28-36(31,35-15-7-5-4-6-8-15)13-32-10-16-9-17(23)21(34-16)29-12-27-18-19(24)25-11-26-20(18)29/h4-9,11-12,14,16,21H,3,10,13H2,1-2H3,(H,28,31)(H2,24,25,26)/t14-,16-,21+,36-/m0/s1. The molecule has 0 radical (unpaired) electrons. The molecule has 0 spiro atoms. The highest BCUT2D eigenvalue weighted by Crippen LogP contribution is 2.44. The van der Waals surface area contributed by atoms with E-state index >= 15 is 0 Å². The molecule has 0 amide bonds. The summed E-state index contributed by atoms with van der Waals surface area (Å²) in [5.41, 5.74) is 6.44. The fourth-order valence-corrected chi connectivity index (χ4v) is 5.19. The van der Waals surface area contributed by atoms with Gasteiger partial charge in [0.25, 0.3) is 0 Å². The maximum absolute atomic E-state index is 14.7. The van der Waals surface area contributed by atoms with Gasteiger partial charge in [0.2, 0.25) is 0 Å². The first kappa shape index (κ1) is 25.7. The van der Waals surface area contributed by atoms with E-state index in [1.54, 1.807) is 37.3 Å².